The average molecular weight is 287 g/mol. The van der Waals surface area contributed by atoms with Crippen LogP contribution in [0.5, 0.6) is 0 Å². The number of nitrogens with zero attached hydrogens (tertiary/aromatic N) is 2. The Morgan fingerprint density at radius 1 is 1.29 bits per heavy atom. The Morgan fingerprint density at radius 2 is 2.05 bits per heavy atom. The molecule has 0 fully saturated rings. The van der Waals surface area contributed by atoms with Crippen LogP contribution in [0.3, 0.4) is 0 Å². The van der Waals surface area contributed by atoms with Gasteiger partial charge in [0, 0.05) is 19.5 Å². The zero-order valence-electron chi connectivity index (χ0n) is 12.2. The molecule has 0 radical (unpaired) electrons. The zero-order chi connectivity index (χ0) is 15.1. The van der Waals surface area contributed by atoms with Crippen LogP contribution in [0.1, 0.15) is 28.8 Å². The molecule has 0 aliphatic carbocycles. The smallest absolute Gasteiger partial charge is 0.272 e. The summed E-state index contributed by atoms with van der Waals surface area (Å²) >= 11 is 0. The van der Waals surface area contributed by atoms with Crippen molar-refractivity contribution < 1.29 is 9.90 Å². The molecule has 0 aliphatic rings. The lowest BCUT2D eigenvalue weighted by molar-refractivity contribution is 0.0718. The number of aromatic nitrogens is 2. The van der Waals surface area contributed by atoms with Gasteiger partial charge in [0.25, 0.3) is 5.91 Å². The Morgan fingerprint density at radius 3 is 2.67 bits per heavy atom. The minimum atomic E-state index is -0.118. The van der Waals surface area contributed by atoms with Gasteiger partial charge in [0.1, 0.15) is 11.5 Å². The number of hydrogen-bond donors (Lipinski definition) is 2. The van der Waals surface area contributed by atoms with Crippen LogP contribution in [0.2, 0.25) is 0 Å². The van der Waals surface area contributed by atoms with E-state index in [-0.39, 0.29) is 12.5 Å². The molecular weight excluding hydrogens is 266 g/mol. The van der Waals surface area contributed by atoms with Crippen LogP contribution in [0.4, 0.5) is 0 Å². The summed E-state index contributed by atoms with van der Waals surface area (Å²) < 4.78 is 0. The molecule has 1 aromatic carbocycles. The number of rotatable bonds is 7. The van der Waals surface area contributed by atoms with E-state index in [1.54, 1.807) is 11.1 Å². The number of hydrogen-bond acceptors (Lipinski definition) is 3. The van der Waals surface area contributed by atoms with Crippen molar-refractivity contribution in [2.75, 3.05) is 19.7 Å². The van der Waals surface area contributed by atoms with Crippen molar-refractivity contribution in [2.24, 2.45) is 0 Å². The maximum atomic E-state index is 12.4. The molecule has 2 aromatic rings. The predicted octanol–water partition coefficient (Wildman–Crippen LogP) is 1.65. The first-order chi connectivity index (χ1) is 10.2. The number of aryl methyl sites for hydroxylation is 1. The molecule has 0 atom stereocenters. The van der Waals surface area contributed by atoms with Gasteiger partial charge in [0.05, 0.1) is 12.8 Å². The number of aliphatic hydroxyl groups excluding tert-OH is 1. The first kappa shape index (κ1) is 15.3. The SMILES string of the molecule is CCc1ncc(C(=O)N(CCO)CCc2ccccc2)[nH]1. The van der Waals surface area contributed by atoms with Gasteiger partial charge in [0.15, 0.2) is 0 Å². The van der Waals surface area contributed by atoms with Gasteiger partial charge in [-0.25, -0.2) is 4.98 Å². The lowest BCUT2D eigenvalue weighted by atomic mass is 10.1. The molecule has 2 N–H and O–H groups in total. The van der Waals surface area contributed by atoms with Crippen molar-refractivity contribution in [3.8, 4) is 0 Å². The Labute approximate surface area is 124 Å². The highest BCUT2D eigenvalue weighted by atomic mass is 16.3. The van der Waals surface area contributed by atoms with E-state index in [4.69, 9.17) is 5.11 Å². The number of benzene rings is 1. The highest BCUT2D eigenvalue weighted by Gasteiger charge is 2.17. The molecule has 0 saturated carbocycles. The van der Waals surface area contributed by atoms with E-state index < -0.39 is 0 Å². The van der Waals surface area contributed by atoms with Crippen molar-refractivity contribution in [1.29, 1.82) is 0 Å². The maximum absolute atomic E-state index is 12.4. The fourth-order valence-electron chi connectivity index (χ4n) is 2.17. The second-order valence-corrected chi connectivity index (χ2v) is 4.85. The molecule has 112 valence electrons. The Balaban J connectivity index is 2.02. The van der Waals surface area contributed by atoms with E-state index in [0.717, 1.165) is 18.7 Å². The minimum absolute atomic E-state index is 0.0463. The minimum Gasteiger partial charge on any atom is -0.395 e. The van der Waals surface area contributed by atoms with Gasteiger partial charge in [-0.15, -0.1) is 0 Å². The van der Waals surface area contributed by atoms with Gasteiger partial charge < -0.3 is 15.0 Å². The van der Waals surface area contributed by atoms with E-state index in [2.05, 4.69) is 9.97 Å². The fourth-order valence-corrected chi connectivity index (χ4v) is 2.17. The second kappa shape index (κ2) is 7.59. The topological polar surface area (TPSA) is 69.2 Å². The van der Waals surface area contributed by atoms with Crippen LogP contribution in [-0.2, 0) is 12.8 Å². The molecule has 5 nitrogen and oxygen atoms in total. The van der Waals surface area contributed by atoms with Gasteiger partial charge in [-0.05, 0) is 12.0 Å². The number of nitrogens with one attached hydrogen (secondary N) is 1. The number of amides is 1. The van der Waals surface area contributed by atoms with Crippen LogP contribution in [0.15, 0.2) is 36.5 Å². The van der Waals surface area contributed by atoms with E-state index in [1.807, 2.05) is 37.3 Å². The van der Waals surface area contributed by atoms with Crippen LogP contribution in [-0.4, -0.2) is 45.6 Å². The van der Waals surface area contributed by atoms with Crippen LogP contribution in [0, 0.1) is 0 Å². The summed E-state index contributed by atoms with van der Waals surface area (Å²) in [6.07, 6.45) is 3.09. The standard InChI is InChI=1S/C16H21N3O2/c1-2-15-17-12-14(18-15)16(21)19(10-11-20)9-8-13-6-4-3-5-7-13/h3-7,12,20H,2,8-11H2,1H3,(H,17,18). The fraction of sp³-hybridized carbons (Fsp3) is 0.375. The van der Waals surface area contributed by atoms with Crippen LogP contribution < -0.4 is 0 Å². The first-order valence-electron chi connectivity index (χ1n) is 7.22. The number of carbonyl (C=O) groups excluding carboxylic acids is 1. The number of H-pyrrole nitrogens is 1. The Hall–Kier alpha value is -2.14. The normalized spacial score (nSPS) is 10.6. The number of aromatic amines is 1. The summed E-state index contributed by atoms with van der Waals surface area (Å²) in [5.74, 6) is 0.678. The number of aliphatic hydroxyl groups is 1. The van der Waals surface area contributed by atoms with Crippen molar-refractivity contribution in [1.82, 2.24) is 14.9 Å². The maximum Gasteiger partial charge on any atom is 0.272 e. The zero-order valence-corrected chi connectivity index (χ0v) is 12.2. The van der Waals surface area contributed by atoms with Crippen LogP contribution in [0.25, 0.3) is 0 Å². The highest BCUT2D eigenvalue weighted by molar-refractivity contribution is 5.92. The van der Waals surface area contributed by atoms with E-state index >= 15 is 0 Å². The number of carbonyl (C=O) groups is 1. The molecule has 0 saturated heterocycles. The van der Waals surface area contributed by atoms with E-state index in [0.29, 0.717) is 18.8 Å². The molecule has 0 bridgehead atoms. The molecule has 5 heteroatoms. The lowest BCUT2D eigenvalue weighted by Gasteiger charge is -2.21. The van der Waals surface area contributed by atoms with Gasteiger partial charge in [-0.3, -0.25) is 4.79 Å². The first-order valence-corrected chi connectivity index (χ1v) is 7.22. The summed E-state index contributed by atoms with van der Waals surface area (Å²) in [5.41, 5.74) is 1.65. The summed E-state index contributed by atoms with van der Waals surface area (Å²) in [7, 11) is 0. The summed E-state index contributed by atoms with van der Waals surface area (Å²) in [5, 5.41) is 9.16. The molecular formula is C16H21N3O2. The monoisotopic (exact) mass is 287 g/mol. The average Bonchev–Trinajstić information content (AvgIpc) is 3.01. The lowest BCUT2D eigenvalue weighted by Crippen LogP contribution is -2.35. The Kier molecular flexibility index (Phi) is 5.51. The molecule has 2 rings (SSSR count). The third-order valence-corrected chi connectivity index (χ3v) is 3.36. The molecule has 0 spiro atoms. The van der Waals surface area contributed by atoms with Gasteiger partial charge in [-0.2, -0.15) is 0 Å². The van der Waals surface area contributed by atoms with Crippen molar-refractivity contribution in [2.45, 2.75) is 19.8 Å². The molecule has 1 heterocycles. The predicted molar refractivity (Wildman–Crippen MR) is 81.1 cm³/mol. The largest absolute Gasteiger partial charge is 0.395 e. The molecule has 21 heavy (non-hydrogen) atoms. The van der Waals surface area contributed by atoms with E-state index in [9.17, 15) is 4.79 Å². The quantitative estimate of drug-likeness (QED) is 0.813. The van der Waals surface area contributed by atoms with Crippen LogP contribution >= 0.6 is 0 Å². The van der Waals surface area contributed by atoms with Gasteiger partial charge in [0.2, 0.25) is 0 Å². The van der Waals surface area contributed by atoms with Gasteiger partial charge in [-0.1, -0.05) is 37.3 Å². The molecule has 1 amide bonds. The third-order valence-electron chi connectivity index (χ3n) is 3.36. The third kappa shape index (κ3) is 4.16. The molecule has 0 unspecified atom stereocenters. The second-order valence-electron chi connectivity index (χ2n) is 4.85. The van der Waals surface area contributed by atoms with Crippen molar-refractivity contribution in [3.63, 3.8) is 0 Å². The summed E-state index contributed by atoms with van der Waals surface area (Å²) in [6.45, 7) is 2.83. The van der Waals surface area contributed by atoms with E-state index in [1.165, 1.54) is 5.56 Å². The van der Waals surface area contributed by atoms with Gasteiger partial charge >= 0.3 is 0 Å². The molecule has 0 aliphatic heterocycles. The Bertz CT molecular complexity index is 566. The molecule has 1 aromatic heterocycles. The summed E-state index contributed by atoms with van der Waals surface area (Å²) in [4.78, 5) is 21.2. The van der Waals surface area contributed by atoms with Crippen molar-refractivity contribution >= 4 is 5.91 Å². The van der Waals surface area contributed by atoms with Crippen molar-refractivity contribution in [3.05, 3.63) is 53.6 Å². The highest BCUT2D eigenvalue weighted by Crippen LogP contribution is 2.06. The summed E-state index contributed by atoms with van der Waals surface area (Å²) in [6, 6.07) is 10.0. The number of imidazole rings is 1.